The van der Waals surface area contributed by atoms with E-state index in [1.165, 1.54) is 12.8 Å². The van der Waals surface area contributed by atoms with Gasteiger partial charge in [0.25, 0.3) is 5.56 Å². The van der Waals surface area contributed by atoms with E-state index < -0.39 is 0 Å². The van der Waals surface area contributed by atoms with Gasteiger partial charge >= 0.3 is 0 Å². The molecule has 0 N–H and O–H groups in total. The number of fused-ring (bicyclic) bond motifs is 3. The van der Waals surface area contributed by atoms with E-state index in [0.717, 1.165) is 37.4 Å². The summed E-state index contributed by atoms with van der Waals surface area (Å²) < 4.78 is 3.57. The molecule has 2 aromatic heterocycles. The average Bonchev–Trinajstić information content (AvgIpc) is 2.86. The van der Waals surface area contributed by atoms with Gasteiger partial charge < -0.3 is 4.90 Å². The van der Waals surface area contributed by atoms with E-state index in [1.54, 1.807) is 22.8 Å². The molecule has 0 amide bonds. The number of allylic oxidation sites excluding steroid dienone is 1. The summed E-state index contributed by atoms with van der Waals surface area (Å²) in [5, 5.41) is 9.87. The summed E-state index contributed by atoms with van der Waals surface area (Å²) in [4.78, 5) is 15.2. The molecule has 0 radical (unpaired) electrons. The van der Waals surface area contributed by atoms with Crippen molar-refractivity contribution in [3.63, 3.8) is 0 Å². The molecule has 4 rings (SSSR count). The summed E-state index contributed by atoms with van der Waals surface area (Å²) >= 11 is 6.14. The molecule has 0 atom stereocenters. The Hall–Kier alpha value is -2.34. The lowest BCUT2D eigenvalue weighted by Gasteiger charge is -2.20. The van der Waals surface area contributed by atoms with Crippen molar-refractivity contribution in [1.29, 1.82) is 0 Å². The number of benzene rings is 1. The van der Waals surface area contributed by atoms with E-state index in [0.29, 0.717) is 22.7 Å². The quantitative estimate of drug-likeness (QED) is 0.675. The maximum Gasteiger partial charge on any atom is 0.263 e. The van der Waals surface area contributed by atoms with E-state index in [9.17, 15) is 4.79 Å². The Morgan fingerprint density at radius 3 is 2.64 bits per heavy atom. The highest BCUT2D eigenvalue weighted by atomic mass is 35.5. The summed E-state index contributed by atoms with van der Waals surface area (Å²) in [5.74, 6) is 1.33. The molecule has 3 heterocycles. The fraction of sp³-hybridized carbons (Fsp3) is 0.389. The number of halogens is 1. The van der Waals surface area contributed by atoms with Crippen LogP contribution in [-0.4, -0.2) is 32.3 Å². The van der Waals surface area contributed by atoms with E-state index in [1.807, 2.05) is 10.5 Å². The van der Waals surface area contributed by atoms with Gasteiger partial charge in [-0.05, 0) is 31.0 Å². The Kier molecular flexibility index (Phi) is 4.21. The third-order valence-corrected chi connectivity index (χ3v) is 4.98. The molecule has 0 bridgehead atoms. The van der Waals surface area contributed by atoms with E-state index in [2.05, 4.69) is 21.7 Å². The highest BCUT2D eigenvalue weighted by Gasteiger charge is 2.21. The Bertz CT molecular complexity index is 998. The Balaban J connectivity index is 2.04. The van der Waals surface area contributed by atoms with Crippen molar-refractivity contribution < 1.29 is 0 Å². The van der Waals surface area contributed by atoms with Gasteiger partial charge in [0.15, 0.2) is 0 Å². The van der Waals surface area contributed by atoms with Crippen LogP contribution in [0.5, 0.6) is 0 Å². The third kappa shape index (κ3) is 2.70. The number of nitrogens with zero attached hydrogens (tertiary/aromatic N) is 5. The van der Waals surface area contributed by atoms with Crippen molar-refractivity contribution in [2.24, 2.45) is 0 Å². The second-order valence-corrected chi connectivity index (χ2v) is 6.84. The predicted molar refractivity (Wildman–Crippen MR) is 101 cm³/mol. The van der Waals surface area contributed by atoms with Crippen LogP contribution in [0.4, 0.5) is 5.95 Å². The molecule has 1 saturated heterocycles. The first-order valence-corrected chi connectivity index (χ1v) is 9.01. The zero-order chi connectivity index (χ0) is 17.4. The first-order chi connectivity index (χ1) is 12.2. The van der Waals surface area contributed by atoms with Gasteiger partial charge in [-0.2, -0.15) is 0 Å². The Morgan fingerprint density at radius 1 is 1.16 bits per heavy atom. The van der Waals surface area contributed by atoms with Crippen LogP contribution in [0.25, 0.3) is 16.7 Å². The lowest BCUT2D eigenvalue weighted by atomic mass is 10.2. The summed E-state index contributed by atoms with van der Waals surface area (Å²) in [6.45, 7) is 6.04. The van der Waals surface area contributed by atoms with Crippen molar-refractivity contribution in [2.45, 2.75) is 32.2 Å². The SMILES string of the molecule is C=CCn1c(=O)c2cc(Cl)ccc2n2c(N3CCCCCC3)nnc12. The van der Waals surface area contributed by atoms with Crippen LogP contribution in [-0.2, 0) is 6.54 Å². The van der Waals surface area contributed by atoms with Crippen molar-refractivity contribution in [3.05, 3.63) is 46.2 Å². The highest BCUT2D eigenvalue weighted by Crippen LogP contribution is 2.24. The molecule has 1 aromatic carbocycles. The minimum Gasteiger partial charge on any atom is -0.341 e. The molecule has 0 aliphatic carbocycles. The maximum absolute atomic E-state index is 12.9. The van der Waals surface area contributed by atoms with E-state index in [4.69, 9.17) is 11.6 Å². The number of aromatic nitrogens is 4. The van der Waals surface area contributed by atoms with Gasteiger partial charge in [-0.3, -0.25) is 9.36 Å². The first kappa shape index (κ1) is 16.1. The number of hydrogen-bond donors (Lipinski definition) is 0. The molecule has 1 aliphatic rings. The van der Waals surface area contributed by atoms with Crippen molar-refractivity contribution in [1.82, 2.24) is 19.2 Å². The maximum atomic E-state index is 12.9. The average molecular weight is 358 g/mol. The first-order valence-electron chi connectivity index (χ1n) is 8.64. The molecule has 130 valence electrons. The lowest BCUT2D eigenvalue weighted by molar-refractivity contribution is 0.726. The van der Waals surface area contributed by atoms with Gasteiger partial charge in [-0.1, -0.05) is 30.5 Å². The van der Waals surface area contributed by atoms with Gasteiger partial charge in [-0.25, -0.2) is 4.40 Å². The molecule has 25 heavy (non-hydrogen) atoms. The van der Waals surface area contributed by atoms with Crippen LogP contribution >= 0.6 is 11.6 Å². The molecular weight excluding hydrogens is 338 g/mol. The largest absolute Gasteiger partial charge is 0.341 e. The van der Waals surface area contributed by atoms with Crippen LogP contribution in [0.2, 0.25) is 5.02 Å². The van der Waals surface area contributed by atoms with Gasteiger partial charge in [-0.15, -0.1) is 16.8 Å². The fourth-order valence-electron chi connectivity index (χ4n) is 3.54. The number of anilines is 1. The molecule has 1 aliphatic heterocycles. The topological polar surface area (TPSA) is 55.4 Å². The minimum atomic E-state index is -0.125. The molecular formula is C18H20ClN5O. The second kappa shape index (κ2) is 6.52. The fourth-order valence-corrected chi connectivity index (χ4v) is 3.71. The van der Waals surface area contributed by atoms with Crippen molar-refractivity contribution in [2.75, 3.05) is 18.0 Å². The van der Waals surface area contributed by atoms with Crippen LogP contribution in [0, 0.1) is 0 Å². The zero-order valence-electron chi connectivity index (χ0n) is 14.0. The third-order valence-electron chi connectivity index (χ3n) is 4.75. The second-order valence-electron chi connectivity index (χ2n) is 6.40. The van der Waals surface area contributed by atoms with E-state index >= 15 is 0 Å². The van der Waals surface area contributed by atoms with Gasteiger partial charge in [0.05, 0.1) is 10.9 Å². The van der Waals surface area contributed by atoms with Gasteiger partial charge in [0.1, 0.15) is 0 Å². The van der Waals surface area contributed by atoms with Crippen LogP contribution in [0.15, 0.2) is 35.6 Å². The predicted octanol–water partition coefficient (Wildman–Crippen LogP) is 3.26. The van der Waals surface area contributed by atoms with Crippen molar-refractivity contribution in [3.8, 4) is 0 Å². The summed E-state index contributed by atoms with van der Waals surface area (Å²) in [6, 6.07) is 5.38. The normalized spacial score (nSPS) is 15.6. The summed E-state index contributed by atoms with van der Waals surface area (Å²) in [5.41, 5.74) is 0.661. The standard InChI is InChI=1S/C18H20ClN5O/c1-2-9-23-16(25)14-12-13(19)7-8-15(14)24-17(20-21-18(23)24)22-10-5-3-4-6-11-22/h2,7-8,12H,1,3-6,9-11H2. The van der Waals surface area contributed by atoms with Gasteiger partial charge in [0, 0.05) is 24.7 Å². The monoisotopic (exact) mass is 357 g/mol. The lowest BCUT2D eigenvalue weighted by Crippen LogP contribution is -2.28. The minimum absolute atomic E-state index is 0.125. The molecule has 1 fully saturated rings. The molecule has 0 spiro atoms. The zero-order valence-corrected chi connectivity index (χ0v) is 14.7. The number of rotatable bonds is 3. The van der Waals surface area contributed by atoms with E-state index in [-0.39, 0.29) is 5.56 Å². The summed E-state index contributed by atoms with van der Waals surface area (Å²) in [6.07, 6.45) is 6.46. The molecule has 3 aromatic rings. The highest BCUT2D eigenvalue weighted by molar-refractivity contribution is 6.31. The van der Waals surface area contributed by atoms with Crippen molar-refractivity contribution >= 4 is 34.2 Å². The summed E-state index contributed by atoms with van der Waals surface area (Å²) in [7, 11) is 0. The van der Waals surface area contributed by atoms with Crippen LogP contribution < -0.4 is 10.5 Å². The Morgan fingerprint density at radius 2 is 1.92 bits per heavy atom. The molecule has 7 heteroatoms. The smallest absolute Gasteiger partial charge is 0.263 e. The van der Waals surface area contributed by atoms with Crippen LogP contribution in [0.3, 0.4) is 0 Å². The molecule has 0 saturated carbocycles. The van der Waals surface area contributed by atoms with Gasteiger partial charge in [0.2, 0.25) is 11.7 Å². The number of hydrogen-bond acceptors (Lipinski definition) is 4. The van der Waals surface area contributed by atoms with Crippen LogP contribution in [0.1, 0.15) is 25.7 Å². The molecule has 6 nitrogen and oxygen atoms in total. The molecule has 0 unspecified atom stereocenters. The Labute approximate surface area is 150 Å².